The molecule has 2 heteroatoms. The Balaban J connectivity index is 2.04. The van der Waals surface area contributed by atoms with Gasteiger partial charge in [0.25, 0.3) is 0 Å². The predicted octanol–water partition coefficient (Wildman–Crippen LogP) is 1.34. The number of benzene rings is 1. The molecule has 1 aliphatic rings. The molecule has 0 amide bonds. The summed E-state index contributed by atoms with van der Waals surface area (Å²) in [5.74, 6) is 3.17. The average molecular weight is 172 g/mol. The van der Waals surface area contributed by atoms with Crippen LogP contribution in [0, 0.1) is 18.3 Å². The summed E-state index contributed by atoms with van der Waals surface area (Å²) in [7, 11) is 0. The third-order valence-electron chi connectivity index (χ3n) is 2.38. The maximum Gasteiger partial charge on any atom is 0.0550 e. The van der Waals surface area contributed by atoms with Crippen molar-refractivity contribution in [1.29, 1.82) is 0 Å². The predicted molar refractivity (Wildman–Crippen MR) is 55.4 cm³/mol. The van der Waals surface area contributed by atoms with E-state index in [9.17, 15) is 0 Å². The zero-order valence-electron chi connectivity index (χ0n) is 7.40. The number of nitrogens with two attached hydrogens (primary N) is 1. The minimum atomic E-state index is 0.428. The van der Waals surface area contributed by atoms with Gasteiger partial charge in [-0.15, -0.1) is 6.42 Å². The Morgan fingerprint density at radius 2 is 1.92 bits per heavy atom. The van der Waals surface area contributed by atoms with Gasteiger partial charge in [-0.05, 0) is 24.3 Å². The molecular weight excluding hydrogens is 160 g/mol. The Bertz CT molecular complexity index is 328. The van der Waals surface area contributed by atoms with Crippen molar-refractivity contribution in [2.45, 2.75) is 0 Å². The molecule has 0 saturated carbocycles. The molecule has 66 valence electrons. The van der Waals surface area contributed by atoms with Gasteiger partial charge < -0.3 is 10.6 Å². The third kappa shape index (κ3) is 1.46. The van der Waals surface area contributed by atoms with Crippen LogP contribution in [0.3, 0.4) is 0 Å². The van der Waals surface area contributed by atoms with Gasteiger partial charge in [0.15, 0.2) is 0 Å². The highest BCUT2D eigenvalue weighted by molar-refractivity contribution is 5.55. The van der Waals surface area contributed by atoms with Gasteiger partial charge in [-0.2, -0.15) is 0 Å². The minimum absolute atomic E-state index is 0.428. The fraction of sp³-hybridized carbons (Fsp3) is 0.273. The molecule has 2 N–H and O–H groups in total. The standard InChI is InChI=1S/C11H12N2/c1-2-9-7-13(8-9)11-5-3-10(12)4-6-11/h1,3-6,9H,7-8,12H2. The number of rotatable bonds is 1. The van der Waals surface area contributed by atoms with Gasteiger partial charge in [0.1, 0.15) is 0 Å². The van der Waals surface area contributed by atoms with E-state index in [2.05, 4.69) is 10.8 Å². The molecule has 0 unspecified atom stereocenters. The highest BCUT2D eigenvalue weighted by Crippen LogP contribution is 2.24. The summed E-state index contributed by atoms with van der Waals surface area (Å²) in [5.41, 5.74) is 7.60. The fourth-order valence-electron chi connectivity index (χ4n) is 1.48. The lowest BCUT2D eigenvalue weighted by Gasteiger charge is -2.38. The summed E-state index contributed by atoms with van der Waals surface area (Å²) in [6.07, 6.45) is 5.30. The van der Waals surface area contributed by atoms with Crippen LogP contribution in [0.5, 0.6) is 0 Å². The number of nitrogens with zero attached hydrogens (tertiary/aromatic N) is 1. The van der Waals surface area contributed by atoms with Crippen LogP contribution in [0.1, 0.15) is 0 Å². The van der Waals surface area contributed by atoms with Crippen molar-refractivity contribution < 1.29 is 0 Å². The van der Waals surface area contributed by atoms with Crippen molar-refractivity contribution >= 4 is 11.4 Å². The summed E-state index contributed by atoms with van der Waals surface area (Å²) in [5, 5.41) is 0. The van der Waals surface area contributed by atoms with E-state index in [1.165, 1.54) is 5.69 Å². The van der Waals surface area contributed by atoms with Crippen LogP contribution in [0.15, 0.2) is 24.3 Å². The number of hydrogen-bond donors (Lipinski definition) is 1. The average Bonchev–Trinajstić information content (AvgIpc) is 2.06. The summed E-state index contributed by atoms with van der Waals surface area (Å²) in [6, 6.07) is 7.89. The van der Waals surface area contributed by atoms with Crippen LogP contribution in [0.4, 0.5) is 11.4 Å². The number of terminal acetylenes is 1. The molecule has 0 spiro atoms. The lowest BCUT2D eigenvalue weighted by molar-refractivity contribution is 0.510. The van der Waals surface area contributed by atoms with Crippen LogP contribution in [-0.4, -0.2) is 13.1 Å². The van der Waals surface area contributed by atoms with Crippen molar-refractivity contribution in [1.82, 2.24) is 0 Å². The van der Waals surface area contributed by atoms with E-state index in [1.54, 1.807) is 0 Å². The van der Waals surface area contributed by atoms with Crippen molar-refractivity contribution in [2.24, 2.45) is 5.92 Å². The first kappa shape index (κ1) is 8.00. The Morgan fingerprint density at radius 1 is 1.31 bits per heavy atom. The Morgan fingerprint density at radius 3 is 2.46 bits per heavy atom. The molecule has 13 heavy (non-hydrogen) atoms. The number of nitrogen functional groups attached to an aromatic ring is 1. The maximum absolute atomic E-state index is 5.59. The number of hydrogen-bond acceptors (Lipinski definition) is 2. The van der Waals surface area contributed by atoms with Crippen molar-refractivity contribution in [3.63, 3.8) is 0 Å². The topological polar surface area (TPSA) is 29.3 Å². The van der Waals surface area contributed by atoms with Crippen LogP contribution in [0.2, 0.25) is 0 Å². The van der Waals surface area contributed by atoms with Crippen LogP contribution in [-0.2, 0) is 0 Å². The molecule has 1 aliphatic heterocycles. The molecule has 1 saturated heterocycles. The summed E-state index contributed by atoms with van der Waals surface area (Å²) in [6.45, 7) is 1.95. The highest BCUT2D eigenvalue weighted by Gasteiger charge is 2.24. The highest BCUT2D eigenvalue weighted by atomic mass is 15.2. The summed E-state index contributed by atoms with van der Waals surface area (Å²) >= 11 is 0. The molecule has 0 atom stereocenters. The fourth-order valence-corrected chi connectivity index (χ4v) is 1.48. The molecular formula is C11H12N2. The third-order valence-corrected chi connectivity index (χ3v) is 2.38. The Kier molecular flexibility index (Phi) is 1.86. The van der Waals surface area contributed by atoms with Crippen LogP contribution < -0.4 is 10.6 Å². The molecule has 0 aromatic heterocycles. The molecule has 1 heterocycles. The largest absolute Gasteiger partial charge is 0.399 e. The Labute approximate surface area is 78.3 Å². The first-order valence-electron chi connectivity index (χ1n) is 4.36. The van der Waals surface area contributed by atoms with E-state index < -0.39 is 0 Å². The maximum atomic E-state index is 5.59. The van der Waals surface area contributed by atoms with Gasteiger partial charge in [-0.3, -0.25) is 0 Å². The van der Waals surface area contributed by atoms with E-state index in [0.717, 1.165) is 18.8 Å². The van der Waals surface area contributed by atoms with Crippen molar-refractivity contribution in [3.8, 4) is 12.3 Å². The molecule has 1 aromatic carbocycles. The van der Waals surface area contributed by atoms with Gasteiger partial charge >= 0.3 is 0 Å². The molecule has 0 aliphatic carbocycles. The first-order valence-corrected chi connectivity index (χ1v) is 4.36. The van der Waals surface area contributed by atoms with Crippen molar-refractivity contribution in [2.75, 3.05) is 23.7 Å². The van der Waals surface area contributed by atoms with Gasteiger partial charge in [-0.1, -0.05) is 5.92 Å². The van der Waals surface area contributed by atoms with Crippen molar-refractivity contribution in [3.05, 3.63) is 24.3 Å². The Hall–Kier alpha value is -1.62. The van der Waals surface area contributed by atoms with Gasteiger partial charge in [0, 0.05) is 24.5 Å². The minimum Gasteiger partial charge on any atom is -0.399 e. The monoisotopic (exact) mass is 172 g/mol. The first-order chi connectivity index (χ1) is 6.29. The molecule has 0 radical (unpaired) electrons. The van der Waals surface area contributed by atoms with E-state index in [1.807, 2.05) is 24.3 Å². The van der Waals surface area contributed by atoms with Gasteiger partial charge in [-0.25, -0.2) is 0 Å². The van der Waals surface area contributed by atoms with Gasteiger partial charge in [0.05, 0.1) is 5.92 Å². The molecule has 1 fully saturated rings. The van der Waals surface area contributed by atoms with E-state index in [4.69, 9.17) is 12.2 Å². The molecule has 0 bridgehead atoms. The summed E-state index contributed by atoms with van der Waals surface area (Å²) in [4.78, 5) is 2.25. The second-order valence-electron chi connectivity index (χ2n) is 3.36. The van der Waals surface area contributed by atoms with Gasteiger partial charge in [0.2, 0.25) is 0 Å². The number of anilines is 2. The molecule has 2 nitrogen and oxygen atoms in total. The van der Waals surface area contributed by atoms with E-state index in [-0.39, 0.29) is 0 Å². The normalized spacial score (nSPS) is 16.4. The summed E-state index contributed by atoms with van der Waals surface area (Å²) < 4.78 is 0. The van der Waals surface area contributed by atoms with E-state index >= 15 is 0 Å². The lowest BCUT2D eigenvalue weighted by atomic mass is 10.0. The zero-order chi connectivity index (χ0) is 9.26. The lowest BCUT2D eigenvalue weighted by Crippen LogP contribution is -2.45. The quantitative estimate of drug-likeness (QED) is 0.511. The second-order valence-corrected chi connectivity index (χ2v) is 3.36. The smallest absolute Gasteiger partial charge is 0.0550 e. The zero-order valence-corrected chi connectivity index (χ0v) is 7.40. The molecule has 2 rings (SSSR count). The molecule has 1 aromatic rings. The van der Waals surface area contributed by atoms with E-state index in [0.29, 0.717) is 5.92 Å². The van der Waals surface area contributed by atoms with Crippen LogP contribution in [0.25, 0.3) is 0 Å². The SMILES string of the molecule is C#CC1CN(c2ccc(N)cc2)C1. The van der Waals surface area contributed by atoms with Crippen LogP contribution >= 0.6 is 0 Å². The second kappa shape index (κ2) is 3.02.